The third-order valence-corrected chi connectivity index (χ3v) is 7.15. The predicted octanol–water partition coefficient (Wildman–Crippen LogP) is 2.44. The number of amides is 2. The van der Waals surface area contributed by atoms with Crippen LogP contribution in [0.1, 0.15) is 12.8 Å². The van der Waals surface area contributed by atoms with Crippen LogP contribution in [0.3, 0.4) is 0 Å². The molecule has 0 aromatic carbocycles. The topological polar surface area (TPSA) is 80.3 Å². The number of nitrogens with one attached hydrogen (secondary N) is 2. The summed E-state index contributed by atoms with van der Waals surface area (Å²) in [6, 6.07) is 0. The van der Waals surface area contributed by atoms with Crippen LogP contribution in [0.25, 0.3) is 0 Å². The largest absolute Gasteiger partial charge is 0.383 e. The van der Waals surface area contributed by atoms with Gasteiger partial charge in [-0.3, -0.25) is 9.59 Å². The zero-order valence-electron chi connectivity index (χ0n) is 13.8. The van der Waals surface area contributed by atoms with Gasteiger partial charge in [-0.2, -0.15) is 0 Å². The number of rotatable bonds is 6. The number of aromatic nitrogens is 1. The molecule has 4 rings (SSSR count). The van der Waals surface area contributed by atoms with E-state index in [2.05, 4.69) is 43.7 Å². The number of halogens is 1. The Morgan fingerprint density at radius 1 is 1.32 bits per heavy atom. The van der Waals surface area contributed by atoms with Gasteiger partial charge < -0.3 is 15.4 Å². The molecule has 6 nitrogen and oxygen atoms in total. The van der Waals surface area contributed by atoms with Gasteiger partial charge in [0, 0.05) is 13.7 Å². The van der Waals surface area contributed by atoms with E-state index in [4.69, 9.17) is 4.74 Å². The summed E-state index contributed by atoms with van der Waals surface area (Å²) in [5, 5.41) is 6.40. The maximum absolute atomic E-state index is 13.0. The number of hydrogen-bond donors (Lipinski definition) is 2. The molecule has 1 aromatic rings. The minimum absolute atomic E-state index is 0.0411. The van der Waals surface area contributed by atoms with Crippen LogP contribution in [0, 0.1) is 29.1 Å². The van der Waals surface area contributed by atoms with Gasteiger partial charge in [-0.15, -0.1) is 0 Å². The summed E-state index contributed by atoms with van der Waals surface area (Å²) in [5.41, 5.74) is 0.134. The number of hydrogen-bond acceptors (Lipinski definition) is 5. The summed E-state index contributed by atoms with van der Waals surface area (Å²) < 4.78 is 5.87. The third kappa shape index (κ3) is 2.84. The second kappa shape index (κ2) is 6.48. The van der Waals surface area contributed by atoms with E-state index in [0.29, 0.717) is 18.3 Å². The van der Waals surface area contributed by atoms with Gasteiger partial charge in [0.15, 0.2) is 5.13 Å². The first-order valence-electron chi connectivity index (χ1n) is 8.44. The van der Waals surface area contributed by atoms with Crippen molar-refractivity contribution in [2.24, 2.45) is 29.1 Å². The molecule has 3 aliphatic rings. The van der Waals surface area contributed by atoms with Crippen molar-refractivity contribution in [1.29, 1.82) is 0 Å². The van der Waals surface area contributed by atoms with E-state index in [9.17, 15) is 9.59 Å². The molecule has 2 fully saturated rings. The van der Waals surface area contributed by atoms with Crippen molar-refractivity contribution in [2.45, 2.75) is 12.8 Å². The van der Waals surface area contributed by atoms with Crippen LogP contribution in [0.2, 0.25) is 0 Å². The molecule has 2 amide bonds. The van der Waals surface area contributed by atoms with E-state index < -0.39 is 0 Å². The molecule has 0 aliphatic heterocycles. The van der Waals surface area contributed by atoms with Crippen molar-refractivity contribution in [3.8, 4) is 0 Å². The highest BCUT2D eigenvalue weighted by Crippen LogP contribution is 2.72. The maximum atomic E-state index is 13.0. The fraction of sp³-hybridized carbons (Fsp3) is 0.588. The minimum atomic E-state index is -0.331. The van der Waals surface area contributed by atoms with E-state index in [0.717, 1.165) is 16.6 Å². The van der Waals surface area contributed by atoms with Gasteiger partial charge in [-0.1, -0.05) is 23.5 Å². The Morgan fingerprint density at radius 2 is 2.00 bits per heavy atom. The lowest BCUT2D eigenvalue weighted by atomic mass is 9.81. The first-order valence-corrected chi connectivity index (χ1v) is 10.0. The number of allylic oxidation sites excluding steroid dienone is 2. The lowest BCUT2D eigenvalue weighted by Gasteiger charge is -2.25. The Hall–Kier alpha value is -1.25. The van der Waals surface area contributed by atoms with Crippen LogP contribution in [0.5, 0.6) is 0 Å². The van der Waals surface area contributed by atoms with E-state index >= 15 is 0 Å². The summed E-state index contributed by atoms with van der Waals surface area (Å²) >= 11 is 4.73. The van der Waals surface area contributed by atoms with Crippen LogP contribution < -0.4 is 10.6 Å². The molecule has 25 heavy (non-hydrogen) atoms. The average molecular weight is 426 g/mol. The fourth-order valence-electron chi connectivity index (χ4n) is 4.60. The van der Waals surface area contributed by atoms with Crippen LogP contribution in [-0.2, 0) is 14.3 Å². The van der Waals surface area contributed by atoms with Crippen molar-refractivity contribution in [3.05, 3.63) is 22.1 Å². The molecule has 134 valence electrons. The normalized spacial score (nSPS) is 30.6. The molecule has 2 bridgehead atoms. The monoisotopic (exact) mass is 425 g/mol. The van der Waals surface area contributed by atoms with E-state index in [1.807, 2.05) is 0 Å². The molecule has 2 saturated carbocycles. The SMILES string of the molecule is COCCNC(=O)[C@H]1[C@H](C(=O)Nc2ncc(Br)s2)[C@@H]2C=C[C@H]1C21CC1. The molecule has 0 radical (unpaired) electrons. The number of methoxy groups -OCH3 is 1. The highest BCUT2D eigenvalue weighted by Gasteiger charge is 2.69. The number of nitrogens with zero attached hydrogens (tertiary/aromatic N) is 1. The van der Waals surface area contributed by atoms with Crippen molar-refractivity contribution >= 4 is 44.2 Å². The number of carbonyl (C=O) groups excluding carboxylic acids is 2. The number of carbonyl (C=O) groups is 2. The molecule has 1 spiro atoms. The van der Waals surface area contributed by atoms with Crippen LogP contribution >= 0.6 is 27.3 Å². The van der Waals surface area contributed by atoms with Gasteiger partial charge in [0.05, 0.1) is 28.4 Å². The summed E-state index contributed by atoms with van der Waals surface area (Å²) in [7, 11) is 1.61. The van der Waals surface area contributed by atoms with Crippen LogP contribution in [0.4, 0.5) is 5.13 Å². The molecule has 0 unspecified atom stereocenters. The second-order valence-electron chi connectivity index (χ2n) is 6.96. The van der Waals surface area contributed by atoms with Gasteiger partial charge in [0.25, 0.3) is 0 Å². The molecule has 4 atom stereocenters. The highest BCUT2D eigenvalue weighted by atomic mass is 79.9. The molecule has 1 heterocycles. The summed E-state index contributed by atoms with van der Waals surface area (Å²) in [5.74, 6) is -0.462. The maximum Gasteiger partial charge on any atom is 0.230 e. The van der Waals surface area contributed by atoms with Crippen molar-refractivity contribution in [3.63, 3.8) is 0 Å². The number of anilines is 1. The van der Waals surface area contributed by atoms with Crippen molar-refractivity contribution in [2.75, 3.05) is 25.6 Å². The fourth-order valence-corrected chi connectivity index (χ4v) is 5.71. The van der Waals surface area contributed by atoms with Gasteiger partial charge in [0.1, 0.15) is 0 Å². The number of ether oxygens (including phenoxy) is 1. The molecule has 3 aliphatic carbocycles. The molecule has 8 heteroatoms. The Kier molecular flexibility index (Phi) is 4.45. The molecule has 0 saturated heterocycles. The third-order valence-electron chi connectivity index (χ3n) is 5.76. The summed E-state index contributed by atoms with van der Waals surface area (Å²) in [4.78, 5) is 29.9. The standard InChI is InChI=1S/C17H20BrN3O3S/c1-24-7-6-19-14(22)12-9-2-3-10(17(9)4-5-17)13(12)15(23)21-16-20-8-11(18)25-16/h2-3,8-10,12-13H,4-7H2,1H3,(H,19,22)(H,20,21,23)/t9-,10+,12-,13-/m1/s1. The molecular weight excluding hydrogens is 406 g/mol. The smallest absolute Gasteiger partial charge is 0.230 e. The van der Waals surface area contributed by atoms with E-state index in [1.165, 1.54) is 11.3 Å². The number of thiazole rings is 1. The minimum Gasteiger partial charge on any atom is -0.383 e. The van der Waals surface area contributed by atoms with Crippen molar-refractivity contribution < 1.29 is 14.3 Å². The predicted molar refractivity (Wildman–Crippen MR) is 98.1 cm³/mol. The van der Waals surface area contributed by atoms with Crippen LogP contribution in [-0.4, -0.2) is 37.1 Å². The first kappa shape index (κ1) is 17.2. The van der Waals surface area contributed by atoms with Crippen molar-refractivity contribution in [1.82, 2.24) is 10.3 Å². The highest BCUT2D eigenvalue weighted by molar-refractivity contribution is 9.11. The average Bonchev–Trinajstić information content (AvgIpc) is 3.08. The molecule has 1 aromatic heterocycles. The Morgan fingerprint density at radius 3 is 2.56 bits per heavy atom. The van der Waals surface area contributed by atoms with Gasteiger partial charge in [0.2, 0.25) is 11.8 Å². The Balaban J connectivity index is 1.54. The lowest BCUT2D eigenvalue weighted by Crippen LogP contribution is -2.42. The van der Waals surface area contributed by atoms with Gasteiger partial charge >= 0.3 is 0 Å². The van der Waals surface area contributed by atoms with Gasteiger partial charge in [-0.25, -0.2) is 4.98 Å². The van der Waals surface area contributed by atoms with E-state index in [-0.39, 0.29) is 40.9 Å². The zero-order valence-corrected chi connectivity index (χ0v) is 16.2. The Labute approximate surface area is 158 Å². The second-order valence-corrected chi connectivity index (χ2v) is 9.37. The lowest BCUT2D eigenvalue weighted by molar-refractivity contribution is -0.133. The summed E-state index contributed by atoms with van der Waals surface area (Å²) in [6.45, 7) is 0.936. The van der Waals surface area contributed by atoms with Gasteiger partial charge in [-0.05, 0) is 46.0 Å². The molecule has 2 N–H and O–H groups in total. The molecular formula is C17H20BrN3O3S. The summed E-state index contributed by atoms with van der Waals surface area (Å²) in [6.07, 6.45) is 8.17. The van der Waals surface area contributed by atoms with Crippen LogP contribution in [0.15, 0.2) is 22.1 Å². The zero-order chi connectivity index (χ0) is 17.6. The Bertz CT molecular complexity index is 730. The quantitative estimate of drug-likeness (QED) is 0.541. The van der Waals surface area contributed by atoms with E-state index in [1.54, 1.807) is 13.3 Å². The first-order chi connectivity index (χ1) is 12.1.